The van der Waals surface area contributed by atoms with Crippen LogP contribution in [0.25, 0.3) is 0 Å². The maximum absolute atomic E-state index is 12.7. The Kier molecular flexibility index (Phi) is 4.57. The molecule has 1 aliphatic rings. The van der Waals surface area contributed by atoms with Gasteiger partial charge in [-0.2, -0.15) is 0 Å². The van der Waals surface area contributed by atoms with Crippen LogP contribution in [0.2, 0.25) is 0 Å². The fraction of sp³-hybridized carbons (Fsp3) is 0.222. The van der Waals surface area contributed by atoms with Gasteiger partial charge in [0.1, 0.15) is 5.71 Å². The van der Waals surface area contributed by atoms with Crippen LogP contribution in [0.15, 0.2) is 53.5 Å². The van der Waals surface area contributed by atoms with Gasteiger partial charge in [0.05, 0.1) is 11.4 Å². The van der Waals surface area contributed by atoms with Gasteiger partial charge >= 0.3 is 0 Å². The molecule has 0 saturated heterocycles. The van der Waals surface area contributed by atoms with Crippen molar-refractivity contribution in [2.45, 2.75) is 19.8 Å². The number of halogens is 1. The van der Waals surface area contributed by atoms with Crippen LogP contribution in [0.1, 0.15) is 25.3 Å². The number of amides is 1. The van der Waals surface area contributed by atoms with Crippen molar-refractivity contribution in [2.75, 3.05) is 11.4 Å². The minimum absolute atomic E-state index is 0.00759. The average Bonchev–Trinajstić information content (AvgIpc) is 2.80. The average molecular weight is 404 g/mol. The van der Waals surface area contributed by atoms with Crippen molar-refractivity contribution in [1.82, 2.24) is 0 Å². The van der Waals surface area contributed by atoms with Gasteiger partial charge < -0.3 is 4.90 Å². The summed E-state index contributed by atoms with van der Waals surface area (Å²) in [5.74, 6) is 0.00759. The number of rotatable bonds is 4. The Morgan fingerprint density at radius 2 is 1.82 bits per heavy atom. The SMILES string of the molecule is CCCCN1C(=O)C(=Nc2ccc(I)cc2)c2ccccc21. The summed E-state index contributed by atoms with van der Waals surface area (Å²) < 4.78 is 1.16. The van der Waals surface area contributed by atoms with Crippen LogP contribution in [0.5, 0.6) is 0 Å². The van der Waals surface area contributed by atoms with Gasteiger partial charge in [0, 0.05) is 15.7 Å². The zero-order valence-electron chi connectivity index (χ0n) is 12.4. The van der Waals surface area contributed by atoms with Crippen LogP contribution in [0, 0.1) is 3.57 Å². The molecule has 1 amide bonds. The Hall–Kier alpha value is -1.69. The lowest BCUT2D eigenvalue weighted by atomic mass is 10.1. The van der Waals surface area contributed by atoms with E-state index in [1.807, 2.05) is 53.4 Å². The van der Waals surface area contributed by atoms with E-state index in [9.17, 15) is 4.79 Å². The molecule has 0 fully saturated rings. The number of anilines is 1. The van der Waals surface area contributed by atoms with Crippen molar-refractivity contribution in [3.05, 3.63) is 57.7 Å². The molecule has 3 rings (SSSR count). The second-order valence-electron chi connectivity index (χ2n) is 5.26. The summed E-state index contributed by atoms with van der Waals surface area (Å²) in [6.07, 6.45) is 2.06. The maximum atomic E-state index is 12.7. The van der Waals surface area contributed by atoms with Crippen molar-refractivity contribution in [3.8, 4) is 0 Å². The van der Waals surface area contributed by atoms with Gasteiger partial charge in [0.15, 0.2) is 0 Å². The van der Waals surface area contributed by atoms with E-state index in [0.717, 1.165) is 39.9 Å². The van der Waals surface area contributed by atoms with Crippen LogP contribution >= 0.6 is 22.6 Å². The van der Waals surface area contributed by atoms with E-state index in [1.165, 1.54) is 0 Å². The second kappa shape index (κ2) is 6.60. The second-order valence-corrected chi connectivity index (χ2v) is 6.51. The molecule has 112 valence electrons. The molecule has 0 radical (unpaired) electrons. The van der Waals surface area contributed by atoms with Crippen molar-refractivity contribution < 1.29 is 4.79 Å². The van der Waals surface area contributed by atoms with Gasteiger partial charge in [-0.3, -0.25) is 4.79 Å². The molecule has 22 heavy (non-hydrogen) atoms. The van der Waals surface area contributed by atoms with E-state index in [-0.39, 0.29) is 5.91 Å². The molecule has 3 nitrogen and oxygen atoms in total. The third-order valence-electron chi connectivity index (χ3n) is 3.70. The van der Waals surface area contributed by atoms with Crippen molar-refractivity contribution >= 4 is 45.6 Å². The van der Waals surface area contributed by atoms with Gasteiger partial charge in [-0.15, -0.1) is 0 Å². The number of hydrogen-bond acceptors (Lipinski definition) is 2. The molecule has 1 heterocycles. The maximum Gasteiger partial charge on any atom is 0.277 e. The molecule has 0 unspecified atom stereocenters. The number of aliphatic imine (C=N–C) groups is 1. The predicted octanol–water partition coefficient (Wildman–Crippen LogP) is 4.56. The van der Waals surface area contributed by atoms with Crippen molar-refractivity contribution in [3.63, 3.8) is 0 Å². The number of benzene rings is 2. The summed E-state index contributed by atoms with van der Waals surface area (Å²) in [6, 6.07) is 15.8. The van der Waals surface area contributed by atoms with Gasteiger partial charge in [0.25, 0.3) is 5.91 Å². The third-order valence-corrected chi connectivity index (χ3v) is 4.42. The summed E-state index contributed by atoms with van der Waals surface area (Å²) >= 11 is 2.26. The number of unbranched alkanes of at least 4 members (excludes halogenated alkanes) is 1. The molecule has 2 aromatic carbocycles. The van der Waals surface area contributed by atoms with Crippen LogP contribution < -0.4 is 4.90 Å². The Morgan fingerprint density at radius 3 is 2.55 bits per heavy atom. The third kappa shape index (κ3) is 2.92. The van der Waals surface area contributed by atoms with Crippen molar-refractivity contribution in [2.24, 2.45) is 4.99 Å². The molecule has 0 aliphatic carbocycles. The van der Waals surface area contributed by atoms with Gasteiger partial charge in [-0.25, -0.2) is 4.99 Å². The van der Waals surface area contributed by atoms with E-state index >= 15 is 0 Å². The Bertz CT molecular complexity index is 722. The minimum Gasteiger partial charge on any atom is -0.306 e. The Morgan fingerprint density at radius 1 is 1.09 bits per heavy atom. The number of carbonyl (C=O) groups excluding carboxylic acids is 1. The molecule has 0 atom stereocenters. The standard InChI is InChI=1S/C18H17IN2O/c1-2-3-12-21-16-7-5-4-6-15(16)17(18(21)22)20-14-10-8-13(19)9-11-14/h4-11H,2-3,12H2,1H3. The molecule has 0 aromatic heterocycles. The van der Waals surface area contributed by atoms with Crippen LogP contribution in [-0.2, 0) is 4.79 Å². The fourth-order valence-corrected chi connectivity index (χ4v) is 2.91. The number of carbonyl (C=O) groups is 1. The zero-order valence-corrected chi connectivity index (χ0v) is 14.6. The van der Waals surface area contributed by atoms with E-state index in [4.69, 9.17) is 0 Å². The molecular weight excluding hydrogens is 387 g/mol. The highest BCUT2D eigenvalue weighted by molar-refractivity contribution is 14.1. The van der Waals surface area contributed by atoms with E-state index in [0.29, 0.717) is 5.71 Å². The number of nitrogens with zero attached hydrogens (tertiary/aromatic N) is 2. The summed E-state index contributed by atoms with van der Waals surface area (Å²) in [7, 11) is 0. The summed E-state index contributed by atoms with van der Waals surface area (Å²) in [6.45, 7) is 2.88. The highest BCUT2D eigenvalue weighted by Crippen LogP contribution is 2.31. The summed E-state index contributed by atoms with van der Waals surface area (Å²) in [5.41, 5.74) is 3.27. The van der Waals surface area contributed by atoms with Gasteiger partial charge in [-0.05, 0) is 59.3 Å². The molecule has 0 spiro atoms. The molecule has 0 bridgehead atoms. The number of hydrogen-bond donors (Lipinski definition) is 0. The van der Waals surface area contributed by atoms with Crippen LogP contribution in [0.4, 0.5) is 11.4 Å². The first-order chi connectivity index (χ1) is 10.7. The first-order valence-electron chi connectivity index (χ1n) is 7.46. The van der Waals surface area contributed by atoms with E-state index in [1.54, 1.807) is 0 Å². The summed E-state index contributed by atoms with van der Waals surface area (Å²) in [5, 5.41) is 0. The number of fused-ring (bicyclic) bond motifs is 1. The monoisotopic (exact) mass is 404 g/mol. The smallest absolute Gasteiger partial charge is 0.277 e. The lowest BCUT2D eigenvalue weighted by Gasteiger charge is -2.15. The highest BCUT2D eigenvalue weighted by Gasteiger charge is 2.33. The van der Waals surface area contributed by atoms with E-state index in [2.05, 4.69) is 34.5 Å². The highest BCUT2D eigenvalue weighted by atomic mass is 127. The summed E-state index contributed by atoms with van der Waals surface area (Å²) in [4.78, 5) is 19.2. The largest absolute Gasteiger partial charge is 0.306 e. The molecule has 2 aromatic rings. The molecular formula is C18H17IN2O. The van der Waals surface area contributed by atoms with Crippen molar-refractivity contribution in [1.29, 1.82) is 0 Å². The lowest BCUT2D eigenvalue weighted by Crippen LogP contribution is -2.30. The lowest BCUT2D eigenvalue weighted by molar-refractivity contribution is -0.112. The first-order valence-corrected chi connectivity index (χ1v) is 8.54. The normalized spacial score (nSPS) is 15.5. The zero-order chi connectivity index (χ0) is 15.5. The van der Waals surface area contributed by atoms with Crippen LogP contribution in [0.3, 0.4) is 0 Å². The topological polar surface area (TPSA) is 32.7 Å². The van der Waals surface area contributed by atoms with Crippen LogP contribution in [-0.4, -0.2) is 18.2 Å². The Balaban J connectivity index is 2.01. The Labute approximate surface area is 144 Å². The minimum atomic E-state index is 0.00759. The van der Waals surface area contributed by atoms with Gasteiger partial charge in [-0.1, -0.05) is 31.5 Å². The molecule has 1 aliphatic heterocycles. The predicted molar refractivity (Wildman–Crippen MR) is 99.1 cm³/mol. The quantitative estimate of drug-likeness (QED) is 0.688. The number of para-hydroxylation sites is 1. The molecule has 0 N–H and O–H groups in total. The molecule has 0 saturated carbocycles. The first kappa shape index (κ1) is 15.2. The fourth-order valence-electron chi connectivity index (χ4n) is 2.55. The molecule has 4 heteroatoms. The van der Waals surface area contributed by atoms with Gasteiger partial charge in [0.2, 0.25) is 0 Å². The van der Waals surface area contributed by atoms with E-state index < -0.39 is 0 Å².